The summed E-state index contributed by atoms with van der Waals surface area (Å²) in [5, 5.41) is 2.08. The summed E-state index contributed by atoms with van der Waals surface area (Å²) in [6, 6.07) is 4.51. The van der Waals surface area contributed by atoms with Gasteiger partial charge in [-0.25, -0.2) is 0 Å². The van der Waals surface area contributed by atoms with Gasteiger partial charge in [0.25, 0.3) is 0 Å². The second kappa shape index (κ2) is 6.34. The molecule has 1 fully saturated rings. The molecular formula is C14H22N2OS. The highest BCUT2D eigenvalue weighted by Crippen LogP contribution is 2.34. The van der Waals surface area contributed by atoms with E-state index in [0.717, 1.165) is 32.2 Å². The van der Waals surface area contributed by atoms with E-state index >= 15 is 0 Å². The highest BCUT2D eigenvalue weighted by Gasteiger charge is 2.30. The van der Waals surface area contributed by atoms with Crippen LogP contribution >= 0.6 is 11.3 Å². The minimum absolute atomic E-state index is 0.0204. The number of nitrogens with zero attached hydrogens (tertiary/aromatic N) is 1. The molecule has 4 heteroatoms. The number of carbonyl (C=O) groups is 1. The molecule has 18 heavy (non-hydrogen) atoms. The third kappa shape index (κ3) is 3.12. The van der Waals surface area contributed by atoms with Crippen LogP contribution in [0.4, 0.5) is 0 Å². The first-order valence-corrected chi connectivity index (χ1v) is 7.68. The fourth-order valence-corrected chi connectivity index (χ4v) is 3.53. The monoisotopic (exact) mass is 266 g/mol. The molecule has 2 rings (SSSR count). The van der Waals surface area contributed by atoms with Crippen molar-refractivity contribution in [3.8, 4) is 0 Å². The van der Waals surface area contributed by atoms with Gasteiger partial charge in [0, 0.05) is 23.9 Å². The number of hydrogen-bond acceptors (Lipinski definition) is 3. The van der Waals surface area contributed by atoms with E-state index in [4.69, 9.17) is 5.73 Å². The van der Waals surface area contributed by atoms with Gasteiger partial charge in [-0.15, -0.1) is 11.3 Å². The maximum Gasteiger partial charge on any atom is 0.224 e. The van der Waals surface area contributed by atoms with E-state index in [-0.39, 0.29) is 11.9 Å². The van der Waals surface area contributed by atoms with E-state index in [0.29, 0.717) is 12.5 Å². The zero-order valence-electron chi connectivity index (χ0n) is 11.0. The molecule has 2 unspecified atom stereocenters. The van der Waals surface area contributed by atoms with Gasteiger partial charge in [0.15, 0.2) is 0 Å². The second-order valence-corrected chi connectivity index (χ2v) is 5.99. The number of amides is 1. The summed E-state index contributed by atoms with van der Waals surface area (Å²) in [6.07, 6.45) is 4.67. The van der Waals surface area contributed by atoms with E-state index in [2.05, 4.69) is 24.4 Å². The molecule has 0 spiro atoms. The van der Waals surface area contributed by atoms with Gasteiger partial charge < -0.3 is 10.6 Å². The minimum atomic E-state index is 0.0204. The van der Waals surface area contributed by atoms with Crippen LogP contribution in [0.5, 0.6) is 0 Å². The topological polar surface area (TPSA) is 46.3 Å². The molecule has 3 nitrogen and oxygen atoms in total. The van der Waals surface area contributed by atoms with Crippen molar-refractivity contribution in [2.75, 3.05) is 6.54 Å². The molecule has 0 aliphatic carbocycles. The third-order valence-corrected chi connectivity index (χ3v) is 4.51. The molecule has 0 bridgehead atoms. The van der Waals surface area contributed by atoms with Crippen molar-refractivity contribution < 1.29 is 4.79 Å². The molecule has 1 aliphatic heterocycles. The highest BCUT2D eigenvalue weighted by atomic mass is 32.1. The molecular weight excluding hydrogens is 244 g/mol. The normalized spacial score (nSPS) is 21.2. The maximum absolute atomic E-state index is 12.3. The van der Waals surface area contributed by atoms with Crippen molar-refractivity contribution in [1.82, 2.24) is 4.90 Å². The van der Waals surface area contributed by atoms with Crippen LogP contribution in [0.25, 0.3) is 0 Å². The number of likely N-dealkylation sites (tertiary alicyclic amines) is 1. The van der Waals surface area contributed by atoms with Gasteiger partial charge in [0.1, 0.15) is 0 Å². The van der Waals surface area contributed by atoms with Crippen LogP contribution in [0.3, 0.4) is 0 Å². The van der Waals surface area contributed by atoms with Crippen LogP contribution in [0, 0.1) is 0 Å². The molecule has 0 aromatic carbocycles. The Morgan fingerprint density at radius 1 is 1.67 bits per heavy atom. The lowest BCUT2D eigenvalue weighted by Crippen LogP contribution is -2.35. The molecule has 100 valence electrons. The zero-order chi connectivity index (χ0) is 13.0. The largest absolute Gasteiger partial charge is 0.335 e. The quantitative estimate of drug-likeness (QED) is 0.890. The molecule has 2 N–H and O–H groups in total. The van der Waals surface area contributed by atoms with Crippen LogP contribution in [-0.2, 0) is 4.79 Å². The van der Waals surface area contributed by atoms with Gasteiger partial charge in [0.05, 0.1) is 6.04 Å². The average molecular weight is 266 g/mol. The summed E-state index contributed by atoms with van der Waals surface area (Å²) in [5.41, 5.74) is 5.97. The van der Waals surface area contributed by atoms with Crippen molar-refractivity contribution >= 4 is 17.2 Å². The Bertz CT molecular complexity index is 377. The summed E-state index contributed by atoms with van der Waals surface area (Å²) in [5.74, 6) is 0.229. The minimum Gasteiger partial charge on any atom is -0.335 e. The van der Waals surface area contributed by atoms with Gasteiger partial charge in [-0.1, -0.05) is 19.4 Å². The lowest BCUT2D eigenvalue weighted by Gasteiger charge is -2.25. The number of carbonyl (C=O) groups excluding carboxylic acids is 1. The molecule has 2 atom stereocenters. The molecule has 2 heterocycles. The number of rotatable bonds is 5. The van der Waals surface area contributed by atoms with Crippen LogP contribution in [-0.4, -0.2) is 23.4 Å². The van der Waals surface area contributed by atoms with Crippen molar-refractivity contribution in [2.45, 2.75) is 51.1 Å². The summed E-state index contributed by atoms with van der Waals surface area (Å²) in [6.45, 7) is 2.99. The SMILES string of the molecule is CCCC(N)CC(=O)N1CCCC1c1cccs1. The smallest absolute Gasteiger partial charge is 0.224 e. The zero-order valence-corrected chi connectivity index (χ0v) is 11.8. The predicted molar refractivity (Wildman–Crippen MR) is 75.5 cm³/mol. The van der Waals surface area contributed by atoms with Crippen LogP contribution in [0.15, 0.2) is 17.5 Å². The van der Waals surface area contributed by atoms with E-state index < -0.39 is 0 Å². The molecule has 1 aromatic heterocycles. The first kappa shape index (κ1) is 13.6. The Morgan fingerprint density at radius 3 is 3.17 bits per heavy atom. The van der Waals surface area contributed by atoms with Gasteiger partial charge in [-0.05, 0) is 30.7 Å². The Hall–Kier alpha value is -0.870. The third-order valence-electron chi connectivity index (χ3n) is 3.54. The van der Waals surface area contributed by atoms with Crippen molar-refractivity contribution in [3.05, 3.63) is 22.4 Å². The Labute approximate surface area is 113 Å². The molecule has 1 aromatic rings. The Kier molecular flexibility index (Phi) is 4.78. The number of nitrogens with two attached hydrogens (primary N) is 1. The summed E-state index contributed by atoms with van der Waals surface area (Å²) < 4.78 is 0. The average Bonchev–Trinajstić information content (AvgIpc) is 3.00. The van der Waals surface area contributed by atoms with Crippen LogP contribution in [0.1, 0.15) is 49.9 Å². The van der Waals surface area contributed by atoms with Gasteiger partial charge >= 0.3 is 0 Å². The molecule has 1 aliphatic rings. The fourth-order valence-electron chi connectivity index (χ4n) is 2.66. The van der Waals surface area contributed by atoms with Crippen molar-refractivity contribution in [2.24, 2.45) is 5.73 Å². The number of thiophene rings is 1. The second-order valence-electron chi connectivity index (χ2n) is 5.01. The lowest BCUT2D eigenvalue weighted by atomic mass is 10.1. The lowest BCUT2D eigenvalue weighted by molar-refractivity contribution is -0.132. The first-order valence-electron chi connectivity index (χ1n) is 6.80. The van der Waals surface area contributed by atoms with Crippen LogP contribution in [0.2, 0.25) is 0 Å². The Morgan fingerprint density at radius 2 is 2.50 bits per heavy atom. The van der Waals surface area contributed by atoms with E-state index in [9.17, 15) is 4.79 Å². The van der Waals surface area contributed by atoms with Crippen LogP contribution < -0.4 is 5.73 Å². The summed E-state index contributed by atoms with van der Waals surface area (Å²) in [7, 11) is 0. The maximum atomic E-state index is 12.3. The molecule has 0 radical (unpaired) electrons. The van der Waals surface area contributed by atoms with Gasteiger partial charge in [-0.3, -0.25) is 4.79 Å². The van der Waals surface area contributed by atoms with Gasteiger partial charge in [-0.2, -0.15) is 0 Å². The highest BCUT2D eigenvalue weighted by molar-refractivity contribution is 7.10. The van der Waals surface area contributed by atoms with E-state index in [1.54, 1.807) is 11.3 Å². The molecule has 0 saturated carbocycles. The first-order chi connectivity index (χ1) is 8.72. The van der Waals surface area contributed by atoms with Crippen molar-refractivity contribution in [1.29, 1.82) is 0 Å². The molecule has 1 amide bonds. The summed E-state index contributed by atoms with van der Waals surface area (Å²) >= 11 is 1.75. The van der Waals surface area contributed by atoms with E-state index in [1.807, 2.05) is 4.90 Å². The molecule has 1 saturated heterocycles. The predicted octanol–water partition coefficient (Wildman–Crippen LogP) is 2.93. The van der Waals surface area contributed by atoms with Crippen molar-refractivity contribution in [3.63, 3.8) is 0 Å². The standard InChI is InChI=1S/C14H22N2OS/c1-2-5-11(15)10-14(17)16-8-3-6-12(16)13-7-4-9-18-13/h4,7,9,11-12H,2-3,5-6,8,10,15H2,1H3. The summed E-state index contributed by atoms with van der Waals surface area (Å²) in [4.78, 5) is 15.6. The van der Waals surface area contributed by atoms with E-state index in [1.165, 1.54) is 4.88 Å². The number of hydrogen-bond donors (Lipinski definition) is 1. The Balaban J connectivity index is 1.97. The van der Waals surface area contributed by atoms with Gasteiger partial charge in [0.2, 0.25) is 5.91 Å². The fraction of sp³-hybridized carbons (Fsp3) is 0.643.